The fourth-order valence-corrected chi connectivity index (χ4v) is 2.82. The third-order valence-corrected chi connectivity index (χ3v) is 4.03. The Bertz CT molecular complexity index is 557. The lowest BCUT2D eigenvalue weighted by atomic mass is 10.0. The van der Waals surface area contributed by atoms with Gasteiger partial charge in [-0.25, -0.2) is 4.39 Å². The van der Waals surface area contributed by atoms with Gasteiger partial charge in [0.05, 0.1) is 19.8 Å². The second-order valence-corrected chi connectivity index (χ2v) is 5.62. The van der Waals surface area contributed by atoms with Gasteiger partial charge in [-0.2, -0.15) is 0 Å². The Morgan fingerprint density at radius 2 is 2.09 bits per heavy atom. The Labute approximate surface area is 129 Å². The minimum atomic E-state index is -0.456. The average Bonchev–Trinajstić information content (AvgIpc) is 2.56. The van der Waals surface area contributed by atoms with E-state index in [4.69, 9.17) is 9.47 Å². The summed E-state index contributed by atoms with van der Waals surface area (Å²) in [6, 6.07) is 6.56. The van der Waals surface area contributed by atoms with Crippen LogP contribution in [0.5, 0.6) is 0 Å². The number of ether oxygens (including phenoxy) is 2. The second-order valence-electron chi connectivity index (χ2n) is 5.62. The van der Waals surface area contributed by atoms with Gasteiger partial charge in [0.25, 0.3) is 5.91 Å². The number of likely N-dealkylation sites (tertiary alicyclic amines) is 1. The monoisotopic (exact) mass is 305 g/mol. The first-order chi connectivity index (χ1) is 10.7. The molecule has 2 fully saturated rings. The molecule has 1 amide bonds. The largest absolute Gasteiger partial charge is 0.376 e. The Kier molecular flexibility index (Phi) is 4.85. The normalized spacial score (nSPS) is 22.5. The van der Waals surface area contributed by atoms with E-state index in [0.717, 1.165) is 18.4 Å². The van der Waals surface area contributed by atoms with Gasteiger partial charge in [-0.05, 0) is 30.5 Å². The molecule has 3 rings (SSSR count). The van der Waals surface area contributed by atoms with E-state index in [-0.39, 0.29) is 11.7 Å². The molecule has 1 aromatic rings. The summed E-state index contributed by atoms with van der Waals surface area (Å²) in [6.45, 7) is 2.75. The number of halogens is 1. The zero-order valence-electron chi connectivity index (χ0n) is 12.5. The lowest BCUT2D eigenvalue weighted by Gasteiger charge is -2.32. The first kappa shape index (κ1) is 15.2. The fraction of sp³-hybridized carbons (Fsp3) is 0.471. The molecule has 2 aliphatic heterocycles. The van der Waals surface area contributed by atoms with E-state index in [2.05, 4.69) is 0 Å². The van der Waals surface area contributed by atoms with Crippen LogP contribution in [0.3, 0.4) is 0 Å². The highest BCUT2D eigenvalue weighted by Gasteiger charge is 2.29. The van der Waals surface area contributed by atoms with Crippen molar-refractivity contribution in [1.29, 1.82) is 0 Å². The van der Waals surface area contributed by atoms with Crippen molar-refractivity contribution in [3.63, 3.8) is 0 Å². The molecule has 0 spiro atoms. The van der Waals surface area contributed by atoms with Gasteiger partial charge < -0.3 is 14.4 Å². The third kappa shape index (κ3) is 3.72. The van der Waals surface area contributed by atoms with Crippen molar-refractivity contribution in [2.45, 2.75) is 18.9 Å². The summed E-state index contributed by atoms with van der Waals surface area (Å²) in [4.78, 5) is 14.2. The zero-order valence-corrected chi connectivity index (χ0v) is 12.5. The quantitative estimate of drug-likeness (QED) is 0.841. The van der Waals surface area contributed by atoms with E-state index < -0.39 is 6.10 Å². The summed E-state index contributed by atoms with van der Waals surface area (Å²) in [5, 5.41) is 0. The number of benzene rings is 1. The van der Waals surface area contributed by atoms with Gasteiger partial charge in [-0.1, -0.05) is 23.8 Å². The van der Waals surface area contributed by atoms with Crippen LogP contribution in [-0.2, 0) is 14.3 Å². The van der Waals surface area contributed by atoms with Crippen LogP contribution in [0.4, 0.5) is 4.39 Å². The predicted octanol–water partition coefficient (Wildman–Crippen LogP) is 2.25. The Hall–Kier alpha value is -1.72. The Morgan fingerprint density at radius 3 is 2.77 bits per heavy atom. The molecule has 2 heterocycles. The molecule has 0 bridgehead atoms. The van der Waals surface area contributed by atoms with Crippen molar-refractivity contribution in [2.75, 3.05) is 32.9 Å². The van der Waals surface area contributed by atoms with E-state index in [0.29, 0.717) is 32.9 Å². The van der Waals surface area contributed by atoms with Crippen LogP contribution < -0.4 is 0 Å². The van der Waals surface area contributed by atoms with Gasteiger partial charge in [0.15, 0.2) is 6.10 Å². The molecule has 22 heavy (non-hydrogen) atoms. The third-order valence-electron chi connectivity index (χ3n) is 4.03. The van der Waals surface area contributed by atoms with E-state index >= 15 is 0 Å². The lowest BCUT2D eigenvalue weighted by molar-refractivity contribution is -0.158. The summed E-state index contributed by atoms with van der Waals surface area (Å²) in [7, 11) is 0. The van der Waals surface area contributed by atoms with E-state index in [1.807, 2.05) is 17.0 Å². The van der Waals surface area contributed by atoms with Crippen LogP contribution in [0.15, 0.2) is 29.8 Å². The molecular formula is C17H20FNO3. The molecule has 4 nitrogen and oxygen atoms in total. The summed E-state index contributed by atoms with van der Waals surface area (Å²) in [6.07, 6.45) is 3.19. The molecule has 0 saturated carbocycles. The molecule has 5 heteroatoms. The zero-order chi connectivity index (χ0) is 15.4. The first-order valence-corrected chi connectivity index (χ1v) is 7.65. The number of amides is 1. The van der Waals surface area contributed by atoms with E-state index in [1.54, 1.807) is 6.07 Å². The maximum Gasteiger partial charge on any atom is 0.254 e. The molecule has 118 valence electrons. The van der Waals surface area contributed by atoms with Gasteiger partial charge in [0, 0.05) is 13.1 Å². The second kappa shape index (κ2) is 7.03. The molecule has 2 aliphatic rings. The molecule has 1 atom stereocenters. The molecule has 0 N–H and O–H groups in total. The summed E-state index contributed by atoms with van der Waals surface area (Å²) in [5.74, 6) is -0.207. The Balaban J connectivity index is 1.56. The minimum Gasteiger partial charge on any atom is -0.376 e. The fourth-order valence-electron chi connectivity index (χ4n) is 2.82. The number of rotatable bonds is 2. The van der Waals surface area contributed by atoms with Crippen molar-refractivity contribution in [1.82, 2.24) is 4.90 Å². The van der Waals surface area contributed by atoms with Crippen LogP contribution in [0, 0.1) is 5.82 Å². The number of carbonyl (C=O) groups excluding carboxylic acids is 1. The number of carbonyl (C=O) groups is 1. The molecule has 0 aromatic heterocycles. The van der Waals surface area contributed by atoms with Gasteiger partial charge in [0.2, 0.25) is 0 Å². The number of hydrogen-bond acceptors (Lipinski definition) is 3. The van der Waals surface area contributed by atoms with Crippen LogP contribution >= 0.6 is 0 Å². The predicted molar refractivity (Wildman–Crippen MR) is 80.8 cm³/mol. The van der Waals surface area contributed by atoms with Gasteiger partial charge in [-0.15, -0.1) is 0 Å². The van der Waals surface area contributed by atoms with Crippen molar-refractivity contribution in [3.05, 3.63) is 41.2 Å². The van der Waals surface area contributed by atoms with E-state index in [1.165, 1.54) is 17.7 Å². The minimum absolute atomic E-state index is 0.0181. The average molecular weight is 305 g/mol. The van der Waals surface area contributed by atoms with Crippen molar-refractivity contribution < 1.29 is 18.7 Å². The Morgan fingerprint density at radius 1 is 1.27 bits per heavy atom. The van der Waals surface area contributed by atoms with Crippen LogP contribution in [0.1, 0.15) is 18.4 Å². The molecule has 2 saturated heterocycles. The standard InChI is InChI=1S/C17H20FNO3/c18-15-3-1-2-14(11-15)10-13-4-6-19(7-5-13)17(20)16-12-21-8-9-22-16/h1-3,10-11,16H,4-9,12H2. The topological polar surface area (TPSA) is 38.8 Å². The first-order valence-electron chi connectivity index (χ1n) is 7.65. The smallest absolute Gasteiger partial charge is 0.254 e. The van der Waals surface area contributed by atoms with Gasteiger partial charge >= 0.3 is 0 Å². The van der Waals surface area contributed by atoms with Gasteiger partial charge in [0.1, 0.15) is 5.82 Å². The van der Waals surface area contributed by atoms with Gasteiger partial charge in [-0.3, -0.25) is 4.79 Å². The SMILES string of the molecule is O=C(C1COCCO1)N1CCC(=Cc2cccc(F)c2)CC1. The highest BCUT2D eigenvalue weighted by molar-refractivity contribution is 5.81. The number of hydrogen-bond donors (Lipinski definition) is 0. The van der Waals surface area contributed by atoms with Crippen molar-refractivity contribution >= 4 is 12.0 Å². The lowest BCUT2D eigenvalue weighted by Crippen LogP contribution is -2.47. The van der Waals surface area contributed by atoms with Crippen molar-refractivity contribution in [2.24, 2.45) is 0 Å². The molecule has 0 aliphatic carbocycles. The molecule has 0 radical (unpaired) electrons. The molecule has 1 aromatic carbocycles. The molecular weight excluding hydrogens is 285 g/mol. The number of piperidine rings is 1. The number of nitrogens with zero attached hydrogens (tertiary/aromatic N) is 1. The van der Waals surface area contributed by atoms with Crippen LogP contribution in [0.2, 0.25) is 0 Å². The molecule has 1 unspecified atom stereocenters. The van der Waals surface area contributed by atoms with Crippen LogP contribution in [-0.4, -0.2) is 49.8 Å². The summed E-state index contributed by atoms with van der Waals surface area (Å²) in [5.41, 5.74) is 2.12. The maximum atomic E-state index is 13.2. The van der Waals surface area contributed by atoms with E-state index in [9.17, 15) is 9.18 Å². The highest BCUT2D eigenvalue weighted by atomic mass is 19.1. The highest BCUT2D eigenvalue weighted by Crippen LogP contribution is 2.21. The summed E-state index contributed by atoms with van der Waals surface area (Å²) >= 11 is 0. The summed E-state index contributed by atoms with van der Waals surface area (Å²) < 4.78 is 23.9. The van der Waals surface area contributed by atoms with Crippen LogP contribution in [0.25, 0.3) is 6.08 Å². The van der Waals surface area contributed by atoms with Crippen molar-refractivity contribution in [3.8, 4) is 0 Å². The maximum absolute atomic E-state index is 13.2.